The number of amides is 1. The molecule has 1 aromatic heterocycles. The summed E-state index contributed by atoms with van der Waals surface area (Å²) in [5.41, 5.74) is 2.93. The second-order valence-corrected chi connectivity index (χ2v) is 5.17. The molecule has 0 fully saturated rings. The number of H-pyrrole nitrogens is 1. The molecule has 6 nitrogen and oxygen atoms in total. The number of benzene rings is 1. The molecule has 0 saturated heterocycles. The number of hydrogen-bond acceptors (Lipinski definition) is 3. The van der Waals surface area contributed by atoms with Crippen molar-refractivity contribution in [3.63, 3.8) is 0 Å². The highest BCUT2D eigenvalue weighted by molar-refractivity contribution is 5.96. The monoisotopic (exact) mass is 285 g/mol. The lowest BCUT2D eigenvalue weighted by Crippen LogP contribution is -2.38. The molecule has 21 heavy (non-hydrogen) atoms. The van der Waals surface area contributed by atoms with Crippen molar-refractivity contribution in [1.29, 1.82) is 0 Å². The van der Waals surface area contributed by atoms with Gasteiger partial charge in [-0.25, -0.2) is 4.79 Å². The first kappa shape index (κ1) is 13.4. The topological polar surface area (TPSA) is 95.1 Å². The summed E-state index contributed by atoms with van der Waals surface area (Å²) in [4.78, 5) is 22.9. The van der Waals surface area contributed by atoms with E-state index in [-0.39, 0.29) is 17.5 Å². The molecule has 0 spiro atoms. The van der Waals surface area contributed by atoms with Gasteiger partial charge in [-0.2, -0.15) is 5.10 Å². The Morgan fingerprint density at radius 2 is 1.95 bits per heavy atom. The van der Waals surface area contributed by atoms with E-state index in [4.69, 9.17) is 5.11 Å². The van der Waals surface area contributed by atoms with Gasteiger partial charge in [0.2, 0.25) is 0 Å². The second-order valence-electron chi connectivity index (χ2n) is 5.17. The average Bonchev–Trinajstić information content (AvgIpc) is 2.95. The van der Waals surface area contributed by atoms with Gasteiger partial charge in [-0.15, -0.1) is 0 Å². The maximum Gasteiger partial charge on any atom is 0.335 e. The summed E-state index contributed by atoms with van der Waals surface area (Å²) in [6, 6.07) is 6.01. The highest BCUT2D eigenvalue weighted by atomic mass is 16.4. The average molecular weight is 285 g/mol. The molecular weight excluding hydrogens is 270 g/mol. The number of aryl methyl sites for hydroxylation is 1. The second kappa shape index (κ2) is 5.40. The van der Waals surface area contributed by atoms with E-state index in [2.05, 4.69) is 15.5 Å². The zero-order valence-electron chi connectivity index (χ0n) is 11.3. The number of aromatic carboxylic acids is 1. The molecule has 0 bridgehead atoms. The van der Waals surface area contributed by atoms with E-state index in [1.165, 1.54) is 29.8 Å². The van der Waals surface area contributed by atoms with Crippen molar-refractivity contribution in [3.05, 3.63) is 52.8 Å². The van der Waals surface area contributed by atoms with Gasteiger partial charge in [-0.3, -0.25) is 9.89 Å². The van der Waals surface area contributed by atoms with Crippen LogP contribution in [-0.4, -0.2) is 33.2 Å². The quantitative estimate of drug-likeness (QED) is 0.794. The number of hydrogen-bond donors (Lipinski definition) is 3. The molecule has 1 atom stereocenters. The summed E-state index contributed by atoms with van der Waals surface area (Å²) in [7, 11) is 0. The SMILES string of the molecule is O=C(O)c1ccc(C(=O)NC2CCc3cn[nH]c3C2)cc1. The summed E-state index contributed by atoms with van der Waals surface area (Å²) in [5.74, 6) is -1.18. The minimum Gasteiger partial charge on any atom is -0.478 e. The van der Waals surface area contributed by atoms with Crippen molar-refractivity contribution in [2.45, 2.75) is 25.3 Å². The lowest BCUT2D eigenvalue weighted by molar-refractivity contribution is 0.0696. The number of nitrogens with zero attached hydrogens (tertiary/aromatic N) is 1. The molecule has 1 aliphatic rings. The van der Waals surface area contributed by atoms with Gasteiger partial charge in [0.25, 0.3) is 5.91 Å². The Morgan fingerprint density at radius 1 is 1.24 bits per heavy atom. The molecular formula is C15H15N3O3. The van der Waals surface area contributed by atoms with Gasteiger partial charge in [0.15, 0.2) is 0 Å². The first-order valence-corrected chi connectivity index (χ1v) is 6.79. The minimum atomic E-state index is -0.999. The Kier molecular flexibility index (Phi) is 3.43. The Balaban J connectivity index is 1.65. The van der Waals surface area contributed by atoms with Gasteiger partial charge < -0.3 is 10.4 Å². The molecule has 0 radical (unpaired) electrons. The predicted octanol–water partition coefficient (Wildman–Crippen LogP) is 1.40. The molecule has 1 heterocycles. The van der Waals surface area contributed by atoms with Gasteiger partial charge >= 0.3 is 5.97 Å². The maximum absolute atomic E-state index is 12.2. The molecule has 3 rings (SSSR count). The molecule has 3 N–H and O–H groups in total. The van der Waals surface area contributed by atoms with Crippen LogP contribution in [0.15, 0.2) is 30.5 Å². The van der Waals surface area contributed by atoms with Crippen LogP contribution in [0.3, 0.4) is 0 Å². The summed E-state index contributed by atoms with van der Waals surface area (Å²) >= 11 is 0. The number of rotatable bonds is 3. The van der Waals surface area contributed by atoms with Crippen molar-refractivity contribution < 1.29 is 14.7 Å². The largest absolute Gasteiger partial charge is 0.478 e. The molecule has 0 saturated carbocycles. The smallest absolute Gasteiger partial charge is 0.335 e. The van der Waals surface area contributed by atoms with Crippen LogP contribution in [0.25, 0.3) is 0 Å². The van der Waals surface area contributed by atoms with Crippen LogP contribution in [0.1, 0.15) is 38.4 Å². The zero-order chi connectivity index (χ0) is 14.8. The number of carbonyl (C=O) groups excluding carboxylic acids is 1. The van der Waals surface area contributed by atoms with Gasteiger partial charge in [-0.05, 0) is 42.7 Å². The standard InChI is InChI=1S/C15H15N3O3/c19-14(9-1-3-10(4-2-9)15(20)21)17-12-6-5-11-8-16-18-13(11)7-12/h1-4,8,12H,5-7H2,(H,16,18)(H,17,19)(H,20,21). The van der Waals surface area contributed by atoms with E-state index >= 15 is 0 Å². The lowest BCUT2D eigenvalue weighted by atomic mass is 9.93. The van der Waals surface area contributed by atoms with Crippen molar-refractivity contribution in [3.8, 4) is 0 Å². The van der Waals surface area contributed by atoms with E-state index in [0.717, 1.165) is 25.0 Å². The lowest BCUT2D eigenvalue weighted by Gasteiger charge is -2.22. The Labute approximate surface area is 121 Å². The van der Waals surface area contributed by atoms with Crippen LogP contribution in [0, 0.1) is 0 Å². The molecule has 1 amide bonds. The molecule has 108 valence electrons. The van der Waals surface area contributed by atoms with Crippen LogP contribution in [0.2, 0.25) is 0 Å². The zero-order valence-corrected chi connectivity index (χ0v) is 11.3. The summed E-state index contributed by atoms with van der Waals surface area (Å²) in [6.45, 7) is 0. The third-order valence-corrected chi connectivity index (χ3v) is 3.75. The van der Waals surface area contributed by atoms with Crippen LogP contribution in [0.4, 0.5) is 0 Å². The molecule has 1 unspecified atom stereocenters. The number of carbonyl (C=O) groups is 2. The first-order chi connectivity index (χ1) is 10.1. The Morgan fingerprint density at radius 3 is 2.67 bits per heavy atom. The van der Waals surface area contributed by atoms with Crippen molar-refractivity contribution in [1.82, 2.24) is 15.5 Å². The number of fused-ring (bicyclic) bond motifs is 1. The van der Waals surface area contributed by atoms with E-state index in [0.29, 0.717) is 5.56 Å². The van der Waals surface area contributed by atoms with Crippen LogP contribution in [0.5, 0.6) is 0 Å². The van der Waals surface area contributed by atoms with Gasteiger partial charge in [0, 0.05) is 23.7 Å². The minimum absolute atomic E-state index is 0.0737. The molecule has 2 aromatic rings. The fourth-order valence-corrected chi connectivity index (χ4v) is 2.56. The van der Waals surface area contributed by atoms with E-state index in [9.17, 15) is 9.59 Å². The Hall–Kier alpha value is -2.63. The highest BCUT2D eigenvalue weighted by Crippen LogP contribution is 2.19. The number of carboxylic acid groups (broad SMARTS) is 1. The first-order valence-electron chi connectivity index (χ1n) is 6.79. The number of aromatic nitrogens is 2. The predicted molar refractivity (Wildman–Crippen MR) is 75.3 cm³/mol. The third kappa shape index (κ3) is 2.79. The summed E-state index contributed by atoms with van der Waals surface area (Å²) in [5, 5.41) is 18.8. The van der Waals surface area contributed by atoms with Crippen LogP contribution in [-0.2, 0) is 12.8 Å². The van der Waals surface area contributed by atoms with Crippen LogP contribution < -0.4 is 5.32 Å². The third-order valence-electron chi connectivity index (χ3n) is 3.75. The summed E-state index contributed by atoms with van der Waals surface area (Å²) in [6.07, 6.45) is 4.35. The Bertz CT molecular complexity index is 676. The fraction of sp³-hybridized carbons (Fsp3) is 0.267. The van der Waals surface area contributed by atoms with Gasteiger partial charge in [-0.1, -0.05) is 0 Å². The molecule has 0 aliphatic heterocycles. The van der Waals surface area contributed by atoms with Gasteiger partial charge in [0.1, 0.15) is 0 Å². The fourth-order valence-electron chi connectivity index (χ4n) is 2.56. The molecule has 1 aliphatic carbocycles. The van der Waals surface area contributed by atoms with Crippen molar-refractivity contribution in [2.24, 2.45) is 0 Å². The maximum atomic E-state index is 12.2. The highest BCUT2D eigenvalue weighted by Gasteiger charge is 2.22. The van der Waals surface area contributed by atoms with Crippen molar-refractivity contribution in [2.75, 3.05) is 0 Å². The molecule has 6 heteroatoms. The van der Waals surface area contributed by atoms with E-state index in [1.807, 2.05) is 6.20 Å². The normalized spacial score (nSPS) is 17.0. The molecule has 1 aromatic carbocycles. The number of nitrogens with one attached hydrogen (secondary N) is 2. The van der Waals surface area contributed by atoms with Gasteiger partial charge in [0.05, 0.1) is 11.8 Å². The van der Waals surface area contributed by atoms with Crippen LogP contribution >= 0.6 is 0 Å². The van der Waals surface area contributed by atoms with E-state index in [1.54, 1.807) is 0 Å². The van der Waals surface area contributed by atoms with E-state index < -0.39 is 5.97 Å². The number of aromatic amines is 1. The number of carboxylic acids is 1. The van der Waals surface area contributed by atoms with Crippen molar-refractivity contribution >= 4 is 11.9 Å². The summed E-state index contributed by atoms with van der Waals surface area (Å²) < 4.78 is 0.